The Morgan fingerprint density at radius 2 is 1.47 bits per heavy atom. The second-order valence-corrected chi connectivity index (χ2v) is 15.1. The fourth-order valence-corrected chi connectivity index (χ4v) is 7.55. The summed E-state index contributed by atoms with van der Waals surface area (Å²) in [4.78, 5) is 12.0. The first-order chi connectivity index (χ1) is 24.0. The van der Waals surface area contributed by atoms with Crippen molar-refractivity contribution in [2.45, 2.75) is 65.7 Å². The van der Waals surface area contributed by atoms with E-state index in [4.69, 9.17) is 14.7 Å². The van der Waals surface area contributed by atoms with Crippen molar-refractivity contribution in [1.82, 2.24) is 19.0 Å². The van der Waals surface area contributed by atoms with Gasteiger partial charge in [-0.3, -0.25) is 4.98 Å². The van der Waals surface area contributed by atoms with E-state index in [9.17, 15) is 0 Å². The molecule has 51 heavy (non-hydrogen) atoms. The molecule has 8 heteroatoms. The van der Waals surface area contributed by atoms with E-state index in [0.717, 1.165) is 44.7 Å². The van der Waals surface area contributed by atoms with Crippen LogP contribution in [0.25, 0.3) is 39.0 Å². The SMILES string of the molecule is CC(C)c1cccc(C(C)C)c1B1N(C)c2ccc(Oc3[c-]c4c(cc3)c3ccccc3n4-c3cc(C(C)(C)C)ccn3)[c-]c2-c2nccn21.[Pt+2]. The fraction of sp³-hybridized carbons (Fsp3) is 0.256. The van der Waals surface area contributed by atoms with Crippen molar-refractivity contribution in [3.63, 3.8) is 0 Å². The van der Waals surface area contributed by atoms with Crippen molar-refractivity contribution in [2.75, 3.05) is 11.9 Å². The summed E-state index contributed by atoms with van der Waals surface area (Å²) in [6.45, 7) is 15.8. The van der Waals surface area contributed by atoms with Crippen LogP contribution in [0, 0.1) is 12.1 Å². The molecule has 0 fully saturated rings. The Balaban J connectivity index is 0.00000406. The Hall–Kier alpha value is -4.61. The van der Waals surface area contributed by atoms with Crippen LogP contribution in [-0.2, 0) is 26.5 Å². The van der Waals surface area contributed by atoms with Crippen LogP contribution in [0.5, 0.6) is 11.5 Å². The Morgan fingerprint density at radius 3 is 2.20 bits per heavy atom. The van der Waals surface area contributed by atoms with Gasteiger partial charge in [0, 0.05) is 41.4 Å². The molecule has 0 amide bonds. The zero-order valence-electron chi connectivity index (χ0n) is 30.4. The molecule has 4 heterocycles. The minimum absolute atomic E-state index is 0. The summed E-state index contributed by atoms with van der Waals surface area (Å²) < 4.78 is 11.0. The van der Waals surface area contributed by atoms with Crippen molar-refractivity contribution < 1.29 is 25.8 Å². The van der Waals surface area contributed by atoms with Crippen LogP contribution in [-0.4, -0.2) is 33.0 Å². The van der Waals surface area contributed by atoms with Gasteiger partial charge < -0.3 is 18.6 Å². The van der Waals surface area contributed by atoms with Gasteiger partial charge in [-0.15, -0.1) is 23.6 Å². The van der Waals surface area contributed by atoms with Gasteiger partial charge in [0.05, 0.1) is 0 Å². The van der Waals surface area contributed by atoms with E-state index < -0.39 is 0 Å². The van der Waals surface area contributed by atoms with Crippen LogP contribution in [0.2, 0.25) is 0 Å². The standard InChI is InChI=1S/C43H42BN5O.Pt/c1-27(2)32-13-11-14-33(28(3)4)41(32)44-47(8)37-19-17-30(25-36(37)42-46-22-23-48(42)44)50-31-16-18-35-34-12-9-10-15-38(34)49(39(35)26-31)40-24-29(20-21-45-40)43(5,6)7;/h9-24,27-28H,1-8H3;/q-2;+2. The third-order valence-corrected chi connectivity index (χ3v) is 10.1. The molecule has 3 aromatic heterocycles. The molecule has 0 atom stereocenters. The summed E-state index contributed by atoms with van der Waals surface area (Å²) in [6, 6.07) is 34.9. The quantitative estimate of drug-likeness (QED) is 0.124. The average Bonchev–Trinajstić information content (AvgIpc) is 3.71. The number of para-hydroxylation sites is 1. The van der Waals surface area contributed by atoms with E-state index in [1.807, 2.05) is 24.5 Å². The van der Waals surface area contributed by atoms with E-state index >= 15 is 0 Å². The number of hydrogen-bond acceptors (Lipinski definition) is 4. The smallest absolute Gasteiger partial charge is 0.503 e. The Bertz CT molecular complexity index is 2380. The maximum Gasteiger partial charge on any atom is 2.00 e. The van der Waals surface area contributed by atoms with Crippen LogP contribution >= 0.6 is 0 Å². The first-order valence-electron chi connectivity index (χ1n) is 17.6. The van der Waals surface area contributed by atoms with E-state index in [2.05, 4.69) is 154 Å². The third-order valence-electron chi connectivity index (χ3n) is 10.1. The van der Waals surface area contributed by atoms with Gasteiger partial charge >= 0.3 is 28.0 Å². The molecule has 0 spiro atoms. The molecule has 4 aromatic carbocycles. The molecule has 0 aliphatic carbocycles. The van der Waals surface area contributed by atoms with Crippen LogP contribution in [0.3, 0.4) is 0 Å². The van der Waals surface area contributed by atoms with Crippen LogP contribution in [0.4, 0.5) is 5.69 Å². The van der Waals surface area contributed by atoms with Gasteiger partial charge in [-0.05, 0) is 70.0 Å². The van der Waals surface area contributed by atoms with Crippen molar-refractivity contribution in [2.24, 2.45) is 0 Å². The fourth-order valence-electron chi connectivity index (χ4n) is 7.55. The van der Waals surface area contributed by atoms with Crippen LogP contribution in [0.15, 0.2) is 97.5 Å². The maximum atomic E-state index is 6.56. The minimum Gasteiger partial charge on any atom is -0.503 e. The molecular formula is C43H42BN5OPt. The molecular weight excluding hydrogens is 808 g/mol. The van der Waals surface area contributed by atoms with Gasteiger partial charge in [0.1, 0.15) is 5.82 Å². The van der Waals surface area contributed by atoms with Crippen molar-refractivity contribution in [1.29, 1.82) is 0 Å². The first kappa shape index (κ1) is 34.8. The van der Waals surface area contributed by atoms with Gasteiger partial charge in [-0.25, -0.2) is 4.98 Å². The summed E-state index contributed by atoms with van der Waals surface area (Å²) in [5, 5.41) is 2.25. The maximum absolute atomic E-state index is 6.56. The summed E-state index contributed by atoms with van der Waals surface area (Å²) in [5.41, 5.74) is 9.29. The average molecular weight is 851 g/mol. The monoisotopic (exact) mass is 850 g/mol. The molecule has 8 rings (SSSR count). The Kier molecular flexibility index (Phi) is 9.00. The second-order valence-electron chi connectivity index (χ2n) is 15.1. The number of fused-ring (bicyclic) bond motifs is 6. The first-order valence-corrected chi connectivity index (χ1v) is 17.6. The van der Waals surface area contributed by atoms with E-state index in [0.29, 0.717) is 23.3 Å². The molecule has 0 bridgehead atoms. The largest absolute Gasteiger partial charge is 2.00 e. The molecule has 0 saturated heterocycles. The Labute approximate surface area is 315 Å². The summed E-state index contributed by atoms with van der Waals surface area (Å²) in [6.07, 6.45) is 5.88. The van der Waals surface area contributed by atoms with Gasteiger partial charge in [0.15, 0.2) is 0 Å². The van der Waals surface area contributed by atoms with Crippen molar-refractivity contribution >= 4 is 39.9 Å². The molecule has 1 aliphatic rings. The predicted molar refractivity (Wildman–Crippen MR) is 206 cm³/mol. The number of aromatic nitrogens is 4. The van der Waals surface area contributed by atoms with Crippen LogP contribution < -0.4 is 15.0 Å². The normalized spacial score (nSPS) is 12.8. The zero-order chi connectivity index (χ0) is 34.9. The number of ether oxygens (including phenoxy) is 1. The molecule has 0 radical (unpaired) electrons. The zero-order valence-corrected chi connectivity index (χ0v) is 32.7. The molecule has 258 valence electrons. The topological polar surface area (TPSA) is 48.1 Å². The van der Waals surface area contributed by atoms with E-state index in [1.165, 1.54) is 22.2 Å². The van der Waals surface area contributed by atoms with Crippen LogP contribution in [0.1, 0.15) is 77.0 Å². The van der Waals surface area contributed by atoms with Gasteiger partial charge in [-0.2, -0.15) is 6.07 Å². The number of anilines is 1. The van der Waals surface area contributed by atoms with E-state index in [1.54, 1.807) is 0 Å². The molecule has 6 nitrogen and oxygen atoms in total. The number of nitrogens with zero attached hydrogens (tertiary/aromatic N) is 5. The Morgan fingerprint density at radius 1 is 0.765 bits per heavy atom. The molecule has 1 aliphatic heterocycles. The van der Waals surface area contributed by atoms with E-state index in [-0.39, 0.29) is 33.5 Å². The number of imidazole rings is 1. The van der Waals surface area contributed by atoms with Crippen molar-refractivity contribution in [3.8, 4) is 28.7 Å². The summed E-state index contributed by atoms with van der Waals surface area (Å²) in [5.74, 6) is 3.74. The number of rotatable bonds is 6. The van der Waals surface area contributed by atoms with Crippen molar-refractivity contribution in [3.05, 3.63) is 126 Å². The summed E-state index contributed by atoms with van der Waals surface area (Å²) >= 11 is 0. The molecule has 0 saturated carbocycles. The molecule has 0 N–H and O–H groups in total. The molecule has 0 unspecified atom stereocenters. The third kappa shape index (κ3) is 5.90. The van der Waals surface area contributed by atoms with Gasteiger partial charge in [0.25, 0.3) is 0 Å². The number of pyridine rings is 1. The molecule has 7 aromatic rings. The van der Waals surface area contributed by atoms with Gasteiger partial charge in [-0.1, -0.05) is 114 Å². The van der Waals surface area contributed by atoms with Gasteiger partial charge in [0.2, 0.25) is 0 Å². The minimum atomic E-state index is -0.0285. The summed E-state index contributed by atoms with van der Waals surface area (Å²) in [7, 11) is 2.17. The second kappa shape index (κ2) is 13.2. The number of benzene rings is 4. The number of hydrogen-bond donors (Lipinski definition) is 0. The predicted octanol–water partition coefficient (Wildman–Crippen LogP) is 9.67.